The van der Waals surface area contributed by atoms with Gasteiger partial charge in [-0.05, 0) is 35.9 Å². The smallest absolute Gasteiger partial charge is 0.334 e. The third-order valence-electron chi connectivity index (χ3n) is 4.51. The highest BCUT2D eigenvalue weighted by Gasteiger charge is 2.14. The number of carbonyl (C=O) groups is 3. The van der Waals surface area contributed by atoms with Crippen molar-refractivity contribution in [3.63, 3.8) is 0 Å². The summed E-state index contributed by atoms with van der Waals surface area (Å²) in [7, 11) is 0. The molecule has 11 nitrogen and oxygen atoms in total. The van der Waals surface area contributed by atoms with E-state index in [-0.39, 0.29) is 37.5 Å². The summed E-state index contributed by atoms with van der Waals surface area (Å²) in [5.41, 5.74) is 0.903. The maximum atomic E-state index is 11.9. The number of rotatable bonds is 14. The van der Waals surface area contributed by atoms with Crippen molar-refractivity contribution in [2.24, 2.45) is 0 Å². The molecule has 0 aliphatic rings. The van der Waals surface area contributed by atoms with Gasteiger partial charge in [0.15, 0.2) is 5.69 Å². The van der Waals surface area contributed by atoms with Gasteiger partial charge in [0, 0.05) is 30.2 Å². The van der Waals surface area contributed by atoms with Gasteiger partial charge in [0.25, 0.3) is 5.69 Å². The zero-order valence-electron chi connectivity index (χ0n) is 19.8. The molecule has 37 heavy (non-hydrogen) atoms. The number of benzene rings is 2. The molecule has 0 spiro atoms. The topological polar surface area (TPSA) is 136 Å². The van der Waals surface area contributed by atoms with Gasteiger partial charge >= 0.3 is 17.9 Å². The number of ether oxygens (including phenoxy) is 4. The van der Waals surface area contributed by atoms with Gasteiger partial charge in [-0.15, -0.1) is 0 Å². The molecule has 2 aromatic rings. The van der Waals surface area contributed by atoms with Gasteiger partial charge in [-0.3, -0.25) is 14.9 Å². The molecular formula is C26H24N2O9. The number of hydrogen-bond donors (Lipinski definition) is 0. The van der Waals surface area contributed by atoms with E-state index in [9.17, 15) is 24.5 Å². The molecule has 0 unspecified atom stereocenters. The molecule has 192 valence electrons. The number of esters is 3. The number of non-ortho nitro benzene ring substituents is 1. The van der Waals surface area contributed by atoms with Crippen LogP contribution in [0.5, 0.6) is 5.75 Å². The second kappa shape index (κ2) is 15.1. The molecule has 11 heteroatoms. The van der Waals surface area contributed by atoms with E-state index in [1.807, 2.05) is 0 Å². The highest BCUT2D eigenvalue weighted by atomic mass is 16.6. The van der Waals surface area contributed by atoms with Gasteiger partial charge < -0.3 is 18.9 Å². The summed E-state index contributed by atoms with van der Waals surface area (Å²) in [6, 6.07) is 12.2. The Morgan fingerprint density at radius 2 is 1.62 bits per heavy atom. The van der Waals surface area contributed by atoms with Crippen molar-refractivity contribution in [2.75, 3.05) is 26.4 Å². The fourth-order valence-corrected chi connectivity index (χ4v) is 2.65. The summed E-state index contributed by atoms with van der Waals surface area (Å²) >= 11 is 0. The third-order valence-corrected chi connectivity index (χ3v) is 4.51. The van der Waals surface area contributed by atoms with Crippen molar-refractivity contribution in [2.45, 2.75) is 12.8 Å². The molecule has 0 bridgehead atoms. The summed E-state index contributed by atoms with van der Waals surface area (Å²) in [4.78, 5) is 48.9. The standard InChI is InChI=1S/C26H24N2O9/c1-19(18-25(30)35-15-3-14-34-23-11-7-21(27-2)8-12-23)26(31)37-17-16-36-24(29)13-6-20-4-9-22(10-5-20)28(32)33/h4-13H,1,3,14-18H2/b13-6+. The largest absolute Gasteiger partial charge is 0.494 e. The Kier molecular flexibility index (Phi) is 11.5. The molecule has 0 amide bonds. The molecular weight excluding hydrogens is 484 g/mol. The fourth-order valence-electron chi connectivity index (χ4n) is 2.65. The lowest BCUT2D eigenvalue weighted by Gasteiger charge is -2.09. The first kappa shape index (κ1) is 28.3. The normalized spacial score (nSPS) is 10.2. The van der Waals surface area contributed by atoms with Crippen LogP contribution in [0.3, 0.4) is 0 Å². The molecule has 2 aromatic carbocycles. The van der Waals surface area contributed by atoms with Gasteiger partial charge in [-0.2, -0.15) is 0 Å². The lowest BCUT2D eigenvalue weighted by molar-refractivity contribution is -0.384. The molecule has 0 saturated heterocycles. The Balaban J connectivity index is 1.55. The number of nitro benzene ring substituents is 1. The summed E-state index contributed by atoms with van der Waals surface area (Å²) in [6.07, 6.45) is 2.63. The zero-order chi connectivity index (χ0) is 27.0. The van der Waals surface area contributed by atoms with E-state index in [0.29, 0.717) is 30.0 Å². The minimum Gasteiger partial charge on any atom is -0.494 e. The first-order chi connectivity index (χ1) is 17.8. The van der Waals surface area contributed by atoms with Gasteiger partial charge in [-0.1, -0.05) is 18.7 Å². The summed E-state index contributed by atoms with van der Waals surface area (Å²) in [5.74, 6) is -1.56. The monoisotopic (exact) mass is 508 g/mol. The lowest BCUT2D eigenvalue weighted by Crippen LogP contribution is -2.17. The SMILES string of the molecule is [C-]#[N+]c1ccc(OCCCOC(=O)CC(=C)C(=O)OCCOC(=O)/C=C/c2ccc([N+](=O)[O-])cc2)cc1. The number of hydrogen-bond acceptors (Lipinski definition) is 9. The third kappa shape index (κ3) is 10.9. The van der Waals surface area contributed by atoms with Crippen molar-refractivity contribution in [3.05, 3.63) is 93.9 Å². The first-order valence-corrected chi connectivity index (χ1v) is 11.0. The van der Waals surface area contributed by atoms with Crippen molar-refractivity contribution in [1.82, 2.24) is 0 Å². The van der Waals surface area contributed by atoms with Gasteiger partial charge in [0.05, 0.1) is 31.1 Å². The van der Waals surface area contributed by atoms with Crippen molar-refractivity contribution in [3.8, 4) is 5.75 Å². The van der Waals surface area contributed by atoms with Crippen LogP contribution in [0.4, 0.5) is 11.4 Å². The van der Waals surface area contributed by atoms with Gasteiger partial charge in [0.1, 0.15) is 19.0 Å². The average molecular weight is 508 g/mol. The van der Waals surface area contributed by atoms with Crippen LogP contribution in [0.2, 0.25) is 0 Å². The van der Waals surface area contributed by atoms with Crippen LogP contribution in [0.15, 0.2) is 66.8 Å². The van der Waals surface area contributed by atoms with E-state index < -0.39 is 22.8 Å². The molecule has 0 saturated carbocycles. The molecule has 0 fully saturated rings. The van der Waals surface area contributed by atoms with Crippen LogP contribution in [-0.4, -0.2) is 49.3 Å². The molecule has 0 aromatic heterocycles. The van der Waals surface area contributed by atoms with Crippen molar-refractivity contribution >= 4 is 35.4 Å². The minimum atomic E-state index is -0.819. The van der Waals surface area contributed by atoms with Crippen molar-refractivity contribution < 1.29 is 38.3 Å². The molecule has 0 atom stereocenters. The summed E-state index contributed by atoms with van der Waals surface area (Å²) < 4.78 is 20.3. The van der Waals surface area contributed by atoms with Crippen LogP contribution < -0.4 is 4.74 Å². The minimum absolute atomic E-state index is 0.0668. The highest BCUT2D eigenvalue weighted by Crippen LogP contribution is 2.18. The van der Waals surface area contributed by atoms with Gasteiger partial charge in [0.2, 0.25) is 0 Å². The molecule has 0 heterocycles. The highest BCUT2D eigenvalue weighted by molar-refractivity contribution is 5.93. The lowest BCUT2D eigenvalue weighted by atomic mass is 10.2. The first-order valence-electron chi connectivity index (χ1n) is 11.0. The maximum absolute atomic E-state index is 11.9. The Labute approximate surface area is 212 Å². The average Bonchev–Trinajstić information content (AvgIpc) is 2.90. The zero-order valence-corrected chi connectivity index (χ0v) is 19.8. The van der Waals surface area contributed by atoms with Gasteiger partial charge in [-0.25, -0.2) is 14.4 Å². The molecule has 2 rings (SSSR count). The van der Waals surface area contributed by atoms with Crippen molar-refractivity contribution in [1.29, 1.82) is 0 Å². The molecule has 0 radical (unpaired) electrons. The second-order valence-corrected chi connectivity index (χ2v) is 7.29. The summed E-state index contributed by atoms with van der Waals surface area (Å²) in [5, 5.41) is 10.6. The fraction of sp³-hybridized carbons (Fsp3) is 0.231. The quantitative estimate of drug-likeness (QED) is 0.0699. The number of nitro groups is 1. The second-order valence-electron chi connectivity index (χ2n) is 7.29. The van der Waals surface area contributed by atoms with Crippen LogP contribution >= 0.6 is 0 Å². The van der Waals surface area contributed by atoms with Crippen LogP contribution in [0.1, 0.15) is 18.4 Å². The molecule has 0 aliphatic heterocycles. The van der Waals surface area contributed by atoms with E-state index in [2.05, 4.69) is 11.4 Å². The molecule has 0 N–H and O–H groups in total. The summed E-state index contributed by atoms with van der Waals surface area (Å²) in [6.45, 7) is 10.3. The Bertz CT molecular complexity index is 1180. The van der Waals surface area contributed by atoms with E-state index in [1.165, 1.54) is 30.3 Å². The maximum Gasteiger partial charge on any atom is 0.334 e. The number of nitrogens with zero attached hydrogens (tertiary/aromatic N) is 2. The van der Waals surface area contributed by atoms with Crippen LogP contribution in [-0.2, 0) is 28.6 Å². The number of carbonyl (C=O) groups excluding carboxylic acids is 3. The van der Waals surface area contributed by atoms with E-state index in [0.717, 1.165) is 6.08 Å². The van der Waals surface area contributed by atoms with E-state index in [1.54, 1.807) is 24.3 Å². The van der Waals surface area contributed by atoms with E-state index >= 15 is 0 Å². The Hall–Kier alpha value is -4.98. The predicted octanol–water partition coefficient (Wildman–Crippen LogP) is 4.20. The molecule has 0 aliphatic carbocycles. The van der Waals surface area contributed by atoms with E-state index in [4.69, 9.17) is 25.5 Å². The van der Waals surface area contributed by atoms with Crippen LogP contribution in [0.25, 0.3) is 10.9 Å². The predicted molar refractivity (Wildman–Crippen MR) is 132 cm³/mol. The Morgan fingerprint density at radius 1 is 0.946 bits per heavy atom. The Morgan fingerprint density at radius 3 is 2.27 bits per heavy atom. The van der Waals surface area contributed by atoms with Crippen LogP contribution in [0, 0.1) is 16.7 Å².